The SMILES string of the molecule is c1ccc2c(c1)OCC2Cn1cnc2c1CCCC2. The van der Waals surface area contributed by atoms with Crippen LogP contribution in [0.25, 0.3) is 0 Å². The van der Waals surface area contributed by atoms with E-state index in [0.29, 0.717) is 5.92 Å². The first-order valence-corrected chi connectivity index (χ1v) is 7.16. The smallest absolute Gasteiger partial charge is 0.122 e. The highest BCUT2D eigenvalue weighted by Crippen LogP contribution is 2.35. The second-order valence-corrected chi connectivity index (χ2v) is 5.54. The third kappa shape index (κ3) is 1.84. The molecule has 0 saturated heterocycles. The van der Waals surface area contributed by atoms with Crippen LogP contribution in [0.4, 0.5) is 0 Å². The van der Waals surface area contributed by atoms with Gasteiger partial charge in [0.2, 0.25) is 0 Å². The third-order valence-electron chi connectivity index (χ3n) is 4.33. The minimum absolute atomic E-state index is 0.469. The Hall–Kier alpha value is -1.77. The van der Waals surface area contributed by atoms with Crippen molar-refractivity contribution in [1.82, 2.24) is 9.55 Å². The van der Waals surface area contributed by atoms with Crippen molar-refractivity contribution in [3.8, 4) is 5.75 Å². The highest BCUT2D eigenvalue weighted by Gasteiger charge is 2.25. The molecule has 0 saturated carbocycles. The molecule has 0 radical (unpaired) electrons. The molecule has 1 aromatic heterocycles. The van der Waals surface area contributed by atoms with Crippen molar-refractivity contribution in [3.63, 3.8) is 0 Å². The molecular formula is C16H18N2O. The number of hydrogen-bond acceptors (Lipinski definition) is 2. The molecular weight excluding hydrogens is 236 g/mol. The molecule has 2 aliphatic rings. The molecule has 1 unspecified atom stereocenters. The lowest BCUT2D eigenvalue weighted by Crippen LogP contribution is -2.14. The number of ether oxygens (including phenoxy) is 1. The zero-order chi connectivity index (χ0) is 12.7. The van der Waals surface area contributed by atoms with E-state index in [2.05, 4.69) is 27.8 Å². The van der Waals surface area contributed by atoms with E-state index in [1.165, 1.54) is 36.2 Å². The molecule has 19 heavy (non-hydrogen) atoms. The van der Waals surface area contributed by atoms with Gasteiger partial charge in [0.15, 0.2) is 0 Å². The summed E-state index contributed by atoms with van der Waals surface area (Å²) >= 11 is 0. The maximum atomic E-state index is 5.77. The molecule has 1 aromatic carbocycles. The molecule has 2 aromatic rings. The molecule has 3 heteroatoms. The molecule has 1 aliphatic heterocycles. The summed E-state index contributed by atoms with van der Waals surface area (Å²) < 4.78 is 8.12. The Morgan fingerprint density at radius 3 is 3.11 bits per heavy atom. The summed E-state index contributed by atoms with van der Waals surface area (Å²) in [7, 11) is 0. The van der Waals surface area contributed by atoms with Gasteiger partial charge in [-0.3, -0.25) is 0 Å². The Morgan fingerprint density at radius 1 is 1.21 bits per heavy atom. The van der Waals surface area contributed by atoms with E-state index < -0.39 is 0 Å². The van der Waals surface area contributed by atoms with Crippen molar-refractivity contribution in [2.24, 2.45) is 0 Å². The molecule has 1 aliphatic carbocycles. The number of nitrogens with zero attached hydrogens (tertiary/aromatic N) is 2. The predicted molar refractivity (Wildman–Crippen MR) is 73.5 cm³/mol. The second-order valence-electron chi connectivity index (χ2n) is 5.54. The molecule has 0 N–H and O–H groups in total. The molecule has 3 nitrogen and oxygen atoms in total. The summed E-state index contributed by atoms with van der Waals surface area (Å²) in [4.78, 5) is 4.58. The van der Waals surface area contributed by atoms with Gasteiger partial charge in [0.05, 0.1) is 18.6 Å². The number of para-hydroxylation sites is 1. The summed E-state index contributed by atoms with van der Waals surface area (Å²) in [6.45, 7) is 1.80. The molecule has 0 amide bonds. The first-order chi connectivity index (χ1) is 9.42. The Balaban J connectivity index is 1.61. The molecule has 1 atom stereocenters. The standard InChI is InChI=1S/C16H18N2O/c1-4-8-16-13(5-1)12(10-19-16)9-18-11-17-14-6-2-3-7-15(14)18/h1,4-5,8,11-12H,2-3,6-7,9-10H2. The van der Waals surface area contributed by atoms with E-state index in [1.807, 2.05) is 12.4 Å². The van der Waals surface area contributed by atoms with E-state index in [9.17, 15) is 0 Å². The van der Waals surface area contributed by atoms with Gasteiger partial charge in [0, 0.05) is 23.7 Å². The summed E-state index contributed by atoms with van der Waals surface area (Å²) in [6.07, 6.45) is 6.96. The van der Waals surface area contributed by atoms with Gasteiger partial charge in [-0.05, 0) is 31.7 Å². The lowest BCUT2D eigenvalue weighted by Gasteiger charge is -2.16. The molecule has 0 spiro atoms. The van der Waals surface area contributed by atoms with Gasteiger partial charge in [0.25, 0.3) is 0 Å². The Labute approximate surface area is 113 Å². The first kappa shape index (κ1) is 11.1. The Morgan fingerprint density at radius 2 is 2.11 bits per heavy atom. The van der Waals surface area contributed by atoms with Crippen molar-refractivity contribution < 1.29 is 4.74 Å². The molecule has 0 fully saturated rings. The Kier molecular flexibility index (Phi) is 2.57. The fourth-order valence-electron chi connectivity index (χ4n) is 3.31. The molecule has 4 rings (SSSR count). The van der Waals surface area contributed by atoms with Crippen LogP contribution in [0.5, 0.6) is 5.75 Å². The lowest BCUT2D eigenvalue weighted by atomic mass is 9.99. The zero-order valence-electron chi connectivity index (χ0n) is 11.0. The molecule has 0 bridgehead atoms. The monoisotopic (exact) mass is 254 g/mol. The van der Waals surface area contributed by atoms with Crippen molar-refractivity contribution in [3.05, 3.63) is 47.5 Å². The average molecular weight is 254 g/mol. The summed E-state index contributed by atoms with van der Waals surface area (Å²) in [6, 6.07) is 8.40. The van der Waals surface area contributed by atoms with Crippen LogP contribution < -0.4 is 4.74 Å². The number of aromatic nitrogens is 2. The van der Waals surface area contributed by atoms with Crippen LogP contribution in [0.15, 0.2) is 30.6 Å². The average Bonchev–Trinajstić information content (AvgIpc) is 3.05. The van der Waals surface area contributed by atoms with Crippen molar-refractivity contribution in [1.29, 1.82) is 0 Å². The lowest BCUT2D eigenvalue weighted by molar-refractivity contribution is 0.317. The molecule has 2 heterocycles. The number of aryl methyl sites for hydroxylation is 1. The van der Waals surface area contributed by atoms with Crippen LogP contribution in [0.1, 0.15) is 35.7 Å². The fraction of sp³-hybridized carbons (Fsp3) is 0.438. The maximum absolute atomic E-state index is 5.77. The Bertz CT molecular complexity index is 603. The number of hydrogen-bond donors (Lipinski definition) is 0. The minimum Gasteiger partial charge on any atom is -0.493 e. The van der Waals surface area contributed by atoms with Crippen LogP contribution in [-0.2, 0) is 19.4 Å². The van der Waals surface area contributed by atoms with Gasteiger partial charge in [-0.1, -0.05) is 18.2 Å². The van der Waals surface area contributed by atoms with E-state index >= 15 is 0 Å². The normalized spacial score (nSPS) is 20.7. The number of fused-ring (bicyclic) bond motifs is 2. The van der Waals surface area contributed by atoms with E-state index in [-0.39, 0.29) is 0 Å². The van der Waals surface area contributed by atoms with Crippen LogP contribution in [0.2, 0.25) is 0 Å². The second kappa shape index (κ2) is 4.41. The predicted octanol–water partition coefficient (Wildman–Crippen LogP) is 2.94. The highest BCUT2D eigenvalue weighted by molar-refractivity contribution is 5.39. The van der Waals surface area contributed by atoms with Crippen molar-refractivity contribution in [2.45, 2.75) is 38.1 Å². The topological polar surface area (TPSA) is 27.1 Å². The minimum atomic E-state index is 0.469. The zero-order valence-corrected chi connectivity index (χ0v) is 11.0. The quantitative estimate of drug-likeness (QED) is 0.824. The number of rotatable bonds is 2. The summed E-state index contributed by atoms with van der Waals surface area (Å²) in [5, 5.41) is 0. The van der Waals surface area contributed by atoms with Gasteiger partial charge in [0.1, 0.15) is 5.75 Å². The van der Waals surface area contributed by atoms with Crippen molar-refractivity contribution in [2.75, 3.05) is 6.61 Å². The van der Waals surface area contributed by atoms with E-state index in [1.54, 1.807) is 0 Å². The van der Waals surface area contributed by atoms with Crippen molar-refractivity contribution >= 4 is 0 Å². The van der Waals surface area contributed by atoms with Gasteiger partial charge < -0.3 is 9.30 Å². The number of imidazole rings is 1. The number of benzene rings is 1. The first-order valence-electron chi connectivity index (χ1n) is 7.16. The summed E-state index contributed by atoms with van der Waals surface area (Å²) in [5.41, 5.74) is 4.12. The van der Waals surface area contributed by atoms with Crippen LogP contribution in [-0.4, -0.2) is 16.2 Å². The fourth-order valence-corrected chi connectivity index (χ4v) is 3.31. The van der Waals surface area contributed by atoms with Gasteiger partial charge in [-0.25, -0.2) is 4.98 Å². The van der Waals surface area contributed by atoms with Gasteiger partial charge in [-0.15, -0.1) is 0 Å². The summed E-state index contributed by atoms with van der Waals surface area (Å²) in [5.74, 6) is 1.53. The van der Waals surface area contributed by atoms with Crippen LogP contribution in [0.3, 0.4) is 0 Å². The third-order valence-corrected chi connectivity index (χ3v) is 4.33. The van der Waals surface area contributed by atoms with Gasteiger partial charge >= 0.3 is 0 Å². The van der Waals surface area contributed by atoms with Gasteiger partial charge in [-0.2, -0.15) is 0 Å². The highest BCUT2D eigenvalue weighted by atomic mass is 16.5. The van der Waals surface area contributed by atoms with E-state index in [4.69, 9.17) is 4.74 Å². The maximum Gasteiger partial charge on any atom is 0.122 e. The molecule has 98 valence electrons. The van der Waals surface area contributed by atoms with Crippen LogP contribution in [0, 0.1) is 0 Å². The van der Waals surface area contributed by atoms with E-state index in [0.717, 1.165) is 25.3 Å². The van der Waals surface area contributed by atoms with Crippen LogP contribution >= 0.6 is 0 Å². The largest absolute Gasteiger partial charge is 0.493 e.